The third kappa shape index (κ3) is 7.34. The Kier molecular flexibility index (Phi) is 10.1. The predicted octanol–water partition coefficient (Wildman–Crippen LogP) is 4.61. The minimum absolute atomic E-state index is 0.0641. The van der Waals surface area contributed by atoms with Crippen LogP contribution in [-0.4, -0.2) is 55.7 Å². The summed E-state index contributed by atoms with van der Waals surface area (Å²) in [5.41, 5.74) is 7.69. The molecule has 0 bridgehead atoms. The van der Waals surface area contributed by atoms with Gasteiger partial charge in [0.25, 0.3) is 0 Å². The Hall–Kier alpha value is -3.54. The van der Waals surface area contributed by atoms with E-state index in [0.717, 1.165) is 22.2 Å². The number of hydrogen-bond acceptors (Lipinski definition) is 5. The fourth-order valence-corrected chi connectivity index (χ4v) is 6.38. The van der Waals surface area contributed by atoms with Crippen LogP contribution in [0.5, 0.6) is 5.75 Å². The van der Waals surface area contributed by atoms with Crippen LogP contribution in [0.2, 0.25) is 10.0 Å². The highest BCUT2D eigenvalue weighted by Crippen LogP contribution is 2.38. The van der Waals surface area contributed by atoms with Gasteiger partial charge in [-0.05, 0) is 67.0 Å². The first kappa shape index (κ1) is 32.4. The van der Waals surface area contributed by atoms with Crippen molar-refractivity contribution in [1.82, 2.24) is 20.9 Å². The number of phenols is 1. The van der Waals surface area contributed by atoms with Crippen LogP contribution in [0.15, 0.2) is 36.4 Å². The molecule has 1 aliphatic carbocycles. The molecule has 0 radical (unpaired) electrons. The van der Waals surface area contributed by atoms with E-state index in [9.17, 15) is 24.6 Å². The molecule has 43 heavy (non-hydrogen) atoms. The summed E-state index contributed by atoms with van der Waals surface area (Å²) in [5, 5.41) is 28.9. The van der Waals surface area contributed by atoms with Crippen molar-refractivity contribution in [2.24, 2.45) is 11.7 Å². The Morgan fingerprint density at radius 2 is 1.86 bits per heavy atom. The first-order chi connectivity index (χ1) is 20.3. The summed E-state index contributed by atoms with van der Waals surface area (Å²) >= 11 is 18.1. The number of benzene rings is 2. The Balaban J connectivity index is 1.70. The van der Waals surface area contributed by atoms with Crippen molar-refractivity contribution in [2.45, 2.75) is 70.0 Å². The van der Waals surface area contributed by atoms with Gasteiger partial charge in [0, 0.05) is 22.5 Å². The molecule has 3 aromatic rings. The first-order valence-electron chi connectivity index (χ1n) is 14.0. The number of aromatic amines is 1. The fraction of sp³-hybridized carbons (Fsp3) is 0.400. The zero-order valence-electron chi connectivity index (χ0n) is 23.8. The first-order valence-corrected chi connectivity index (χ1v) is 15.2. The molecule has 1 aliphatic rings. The molecule has 13 heteroatoms. The second-order valence-electron chi connectivity index (χ2n) is 11.1. The number of thiocarbonyl (C=S) groups is 1. The molecule has 0 saturated heterocycles. The Morgan fingerprint density at radius 1 is 1.16 bits per heavy atom. The lowest BCUT2D eigenvalue weighted by Crippen LogP contribution is -2.66. The molecule has 1 aromatic heterocycles. The van der Waals surface area contributed by atoms with Gasteiger partial charge in [-0.1, -0.05) is 67.8 Å². The van der Waals surface area contributed by atoms with Crippen molar-refractivity contribution in [3.05, 3.63) is 63.3 Å². The second-order valence-corrected chi connectivity index (χ2v) is 12.4. The Labute approximate surface area is 264 Å². The third-order valence-corrected chi connectivity index (χ3v) is 8.95. The van der Waals surface area contributed by atoms with Gasteiger partial charge in [0.05, 0.1) is 21.6 Å². The van der Waals surface area contributed by atoms with Crippen LogP contribution >= 0.6 is 35.4 Å². The lowest BCUT2D eigenvalue weighted by Gasteiger charge is -2.39. The van der Waals surface area contributed by atoms with Gasteiger partial charge in [0.2, 0.25) is 11.8 Å². The van der Waals surface area contributed by atoms with Crippen molar-refractivity contribution in [2.75, 3.05) is 0 Å². The minimum atomic E-state index is -1.46. The van der Waals surface area contributed by atoms with Crippen LogP contribution in [0.1, 0.15) is 49.9 Å². The van der Waals surface area contributed by atoms with E-state index >= 15 is 0 Å². The van der Waals surface area contributed by atoms with Crippen LogP contribution in [0.25, 0.3) is 10.9 Å². The van der Waals surface area contributed by atoms with Crippen molar-refractivity contribution >= 4 is 69.2 Å². The van der Waals surface area contributed by atoms with Gasteiger partial charge < -0.3 is 36.9 Å². The molecular weight excluding hydrogens is 613 g/mol. The lowest BCUT2D eigenvalue weighted by atomic mass is 9.78. The number of fused-ring (bicyclic) bond motifs is 3. The maximum atomic E-state index is 14.2. The number of nitrogens with two attached hydrogens (primary N) is 1. The molecule has 4 rings (SSSR count). The number of phenolic OH excluding ortho intramolecular Hbond substituents is 1. The van der Waals surface area contributed by atoms with Gasteiger partial charge >= 0.3 is 6.09 Å². The van der Waals surface area contributed by atoms with E-state index in [2.05, 4.69) is 20.9 Å². The van der Waals surface area contributed by atoms with E-state index in [1.54, 1.807) is 24.3 Å². The molecule has 230 valence electrons. The number of aryl methyl sites for hydroxylation is 2. The van der Waals surface area contributed by atoms with Crippen molar-refractivity contribution in [3.63, 3.8) is 0 Å². The van der Waals surface area contributed by atoms with Gasteiger partial charge in [-0.25, -0.2) is 4.79 Å². The number of nitrogens with one attached hydrogen (secondary N) is 4. The average Bonchev–Trinajstić information content (AvgIpc) is 3.31. The summed E-state index contributed by atoms with van der Waals surface area (Å²) in [6, 6.07) is 8.04. The summed E-state index contributed by atoms with van der Waals surface area (Å²) in [4.78, 5) is 43.1. The molecule has 0 fully saturated rings. The van der Waals surface area contributed by atoms with E-state index in [0.29, 0.717) is 34.8 Å². The van der Waals surface area contributed by atoms with E-state index in [1.807, 2.05) is 13.8 Å². The fourth-order valence-electron chi connectivity index (χ4n) is 5.55. The van der Waals surface area contributed by atoms with E-state index in [1.165, 1.54) is 12.1 Å². The number of aromatic hydroxyl groups is 1. The minimum Gasteiger partial charge on any atom is -0.508 e. The highest BCUT2D eigenvalue weighted by molar-refractivity contribution is 7.80. The average molecular weight is 649 g/mol. The summed E-state index contributed by atoms with van der Waals surface area (Å²) in [6.45, 7) is 3.89. The van der Waals surface area contributed by atoms with Crippen LogP contribution in [-0.2, 0) is 28.9 Å². The monoisotopic (exact) mass is 647 g/mol. The van der Waals surface area contributed by atoms with Crippen LogP contribution in [0.4, 0.5) is 4.79 Å². The third-order valence-electron chi connectivity index (χ3n) is 8.18. The SMILES string of the molecule is CCC(C)C(NC(=O)[C@@]1(NC(=O)[C@H](CCc2ccc(O)cc2)NC(=O)O)CCc2[nH]c3c(Cl)cc(Cl)cc3c2C1)C(N)=S. The smallest absolute Gasteiger partial charge is 0.405 e. The Morgan fingerprint density at radius 3 is 2.49 bits per heavy atom. The standard InChI is InChI=1S/C30H35Cl2N5O5S/c1-3-15(2)24(26(33)43)36-28(40)30(11-10-22-20(14-30)19-12-17(31)13-21(32)25(19)34-22)37-27(39)23(35-29(41)42)9-6-16-4-7-18(38)8-5-16/h4-5,7-8,12-13,15,23-24,34-35,38H,3,6,9-11,14H2,1-2H3,(H2,33,43)(H,36,40)(H,37,39)(H,41,42)/t15?,23-,24?,30+/m0/s1. The number of carboxylic acid groups (broad SMARTS) is 1. The number of hydrogen-bond donors (Lipinski definition) is 7. The molecule has 1 heterocycles. The van der Waals surface area contributed by atoms with E-state index in [-0.39, 0.29) is 35.9 Å². The number of halogens is 2. The Bertz CT molecular complexity index is 1550. The number of aromatic nitrogens is 1. The van der Waals surface area contributed by atoms with Gasteiger partial charge in [-0.3, -0.25) is 9.59 Å². The maximum absolute atomic E-state index is 14.2. The number of amides is 3. The predicted molar refractivity (Wildman–Crippen MR) is 171 cm³/mol. The van der Waals surface area contributed by atoms with Gasteiger partial charge in [0.15, 0.2) is 0 Å². The molecule has 4 atom stereocenters. The van der Waals surface area contributed by atoms with Crippen LogP contribution in [0, 0.1) is 5.92 Å². The summed E-state index contributed by atoms with van der Waals surface area (Å²) < 4.78 is 0. The van der Waals surface area contributed by atoms with Crippen molar-refractivity contribution in [1.29, 1.82) is 0 Å². The quantitative estimate of drug-likeness (QED) is 0.149. The molecule has 10 nitrogen and oxygen atoms in total. The van der Waals surface area contributed by atoms with Crippen molar-refractivity contribution < 1.29 is 24.6 Å². The molecule has 2 unspecified atom stereocenters. The van der Waals surface area contributed by atoms with E-state index in [4.69, 9.17) is 41.2 Å². The normalized spacial score (nSPS) is 18.2. The highest BCUT2D eigenvalue weighted by atomic mass is 35.5. The second kappa shape index (κ2) is 13.4. The largest absolute Gasteiger partial charge is 0.508 e. The molecule has 3 amide bonds. The van der Waals surface area contributed by atoms with Crippen molar-refractivity contribution in [3.8, 4) is 5.75 Å². The van der Waals surface area contributed by atoms with Gasteiger partial charge in [-0.15, -0.1) is 0 Å². The molecule has 8 N–H and O–H groups in total. The van der Waals surface area contributed by atoms with Gasteiger partial charge in [-0.2, -0.15) is 0 Å². The van der Waals surface area contributed by atoms with Crippen LogP contribution < -0.4 is 21.7 Å². The molecule has 0 saturated carbocycles. The highest BCUT2D eigenvalue weighted by Gasteiger charge is 2.46. The number of carbonyl (C=O) groups is 3. The molecule has 0 spiro atoms. The lowest BCUT2D eigenvalue weighted by molar-refractivity contribution is -0.135. The maximum Gasteiger partial charge on any atom is 0.405 e. The molecule has 0 aliphatic heterocycles. The zero-order valence-corrected chi connectivity index (χ0v) is 26.1. The van der Waals surface area contributed by atoms with Gasteiger partial charge in [0.1, 0.15) is 17.3 Å². The number of rotatable bonds is 11. The van der Waals surface area contributed by atoms with Crippen LogP contribution in [0.3, 0.4) is 0 Å². The summed E-state index contributed by atoms with van der Waals surface area (Å²) in [6.07, 6.45) is 0.508. The topological polar surface area (TPSA) is 170 Å². The van der Waals surface area contributed by atoms with E-state index < -0.39 is 35.5 Å². The summed E-state index contributed by atoms with van der Waals surface area (Å²) in [5.74, 6) is -1.09. The summed E-state index contributed by atoms with van der Waals surface area (Å²) in [7, 11) is 0. The number of H-pyrrole nitrogens is 1. The number of carbonyl (C=O) groups excluding carboxylic acids is 2. The molecule has 2 aromatic carbocycles. The molecular formula is C30H35Cl2N5O5S. The zero-order chi connectivity index (χ0) is 31.5.